The van der Waals surface area contributed by atoms with Gasteiger partial charge in [-0.1, -0.05) is 30.3 Å². The maximum atomic E-state index is 11.8. The molecule has 7 nitrogen and oxygen atoms in total. The number of nitrogens with two attached hydrogens (primary N) is 1. The van der Waals surface area contributed by atoms with Gasteiger partial charge in [0.1, 0.15) is 0 Å². The number of rotatable bonds is 8. The Morgan fingerprint density at radius 3 is 2.75 bits per heavy atom. The highest BCUT2D eigenvalue weighted by molar-refractivity contribution is 5.85. The Morgan fingerprint density at radius 2 is 2.04 bits per heavy atom. The molecule has 0 unspecified atom stereocenters. The highest BCUT2D eigenvalue weighted by Crippen LogP contribution is 2.17. The lowest BCUT2D eigenvalue weighted by atomic mass is 10.1. The first kappa shape index (κ1) is 17.7. The van der Waals surface area contributed by atoms with Crippen LogP contribution in [0.3, 0.4) is 0 Å². The van der Waals surface area contributed by atoms with Gasteiger partial charge in [-0.2, -0.15) is 5.10 Å². The Labute approximate surface area is 141 Å². The van der Waals surface area contributed by atoms with Crippen LogP contribution in [-0.4, -0.2) is 53.6 Å². The second kappa shape index (κ2) is 8.83. The first-order valence-corrected chi connectivity index (χ1v) is 7.90. The molecule has 4 N–H and O–H groups in total. The van der Waals surface area contributed by atoms with Crippen molar-refractivity contribution in [2.24, 2.45) is 5.73 Å². The summed E-state index contributed by atoms with van der Waals surface area (Å²) in [6, 6.07) is 12.0. The minimum atomic E-state index is -0.331. The fraction of sp³-hybridized carbons (Fsp3) is 0.353. The minimum absolute atomic E-state index is 0.0191. The summed E-state index contributed by atoms with van der Waals surface area (Å²) in [5, 5.41) is 9.81. The zero-order valence-corrected chi connectivity index (χ0v) is 13.8. The predicted octanol–water partition coefficient (Wildman–Crippen LogP) is 0.543. The molecule has 1 aromatic carbocycles. The zero-order valence-electron chi connectivity index (χ0n) is 13.8. The van der Waals surface area contributed by atoms with E-state index in [1.165, 1.54) is 0 Å². The lowest BCUT2D eigenvalue weighted by molar-refractivity contribution is -0.131. The molecular formula is C17H23N5O2. The van der Waals surface area contributed by atoms with E-state index in [0.29, 0.717) is 6.54 Å². The zero-order chi connectivity index (χ0) is 17.4. The van der Waals surface area contributed by atoms with E-state index in [-0.39, 0.29) is 24.9 Å². The molecule has 0 saturated carbocycles. The molecule has 0 spiro atoms. The summed E-state index contributed by atoms with van der Waals surface area (Å²) < 4.78 is 0. The number of nitrogens with one attached hydrogen (secondary N) is 2. The van der Waals surface area contributed by atoms with E-state index in [4.69, 9.17) is 5.73 Å². The number of aromatic nitrogens is 2. The fourth-order valence-corrected chi connectivity index (χ4v) is 2.26. The van der Waals surface area contributed by atoms with E-state index in [2.05, 4.69) is 15.5 Å². The average molecular weight is 329 g/mol. The van der Waals surface area contributed by atoms with E-state index in [1.807, 2.05) is 36.4 Å². The average Bonchev–Trinajstić information content (AvgIpc) is 3.08. The van der Waals surface area contributed by atoms with Crippen LogP contribution in [0.5, 0.6) is 0 Å². The third kappa shape index (κ3) is 5.20. The number of carbonyl (C=O) groups is 2. The molecule has 0 atom stereocenters. The molecule has 0 aliphatic heterocycles. The van der Waals surface area contributed by atoms with Crippen molar-refractivity contribution in [1.29, 1.82) is 0 Å². The molecule has 1 heterocycles. The van der Waals surface area contributed by atoms with Crippen molar-refractivity contribution in [2.45, 2.75) is 12.8 Å². The number of H-pyrrole nitrogens is 1. The van der Waals surface area contributed by atoms with Crippen LogP contribution in [-0.2, 0) is 16.0 Å². The molecule has 2 amide bonds. The van der Waals surface area contributed by atoms with Gasteiger partial charge in [0, 0.05) is 24.8 Å². The SMILES string of the molecule is CN(CCCc1cc(-c2ccccc2)n[nH]1)C(=O)CNC(=O)CN. The van der Waals surface area contributed by atoms with Crippen molar-refractivity contribution in [2.75, 3.05) is 26.7 Å². The molecule has 24 heavy (non-hydrogen) atoms. The Bertz CT molecular complexity index is 669. The summed E-state index contributed by atoms with van der Waals surface area (Å²) in [7, 11) is 1.72. The first-order valence-electron chi connectivity index (χ1n) is 7.90. The highest BCUT2D eigenvalue weighted by Gasteiger charge is 2.10. The van der Waals surface area contributed by atoms with Crippen LogP contribution in [0, 0.1) is 0 Å². The van der Waals surface area contributed by atoms with Crippen molar-refractivity contribution in [3.05, 3.63) is 42.1 Å². The number of benzene rings is 1. The van der Waals surface area contributed by atoms with Crippen molar-refractivity contribution in [3.63, 3.8) is 0 Å². The van der Waals surface area contributed by atoms with E-state index in [9.17, 15) is 9.59 Å². The largest absolute Gasteiger partial charge is 0.346 e. The quantitative estimate of drug-likeness (QED) is 0.657. The van der Waals surface area contributed by atoms with Crippen LogP contribution in [0.25, 0.3) is 11.3 Å². The first-order chi connectivity index (χ1) is 11.6. The van der Waals surface area contributed by atoms with Gasteiger partial charge in [-0.15, -0.1) is 0 Å². The van der Waals surface area contributed by atoms with Crippen molar-refractivity contribution < 1.29 is 9.59 Å². The molecular weight excluding hydrogens is 306 g/mol. The van der Waals surface area contributed by atoms with Crippen LogP contribution in [0.4, 0.5) is 0 Å². The Hall–Kier alpha value is -2.67. The normalized spacial score (nSPS) is 10.4. The van der Waals surface area contributed by atoms with Crippen molar-refractivity contribution >= 4 is 11.8 Å². The number of likely N-dealkylation sites (N-methyl/N-ethyl adjacent to an activating group) is 1. The number of hydrogen-bond donors (Lipinski definition) is 3. The second-order valence-corrected chi connectivity index (χ2v) is 5.54. The standard InChI is InChI=1S/C17H23N5O2/c1-22(17(24)12-19-16(23)11-18)9-5-8-14-10-15(21-20-14)13-6-3-2-4-7-13/h2-4,6-7,10H,5,8-9,11-12,18H2,1H3,(H,19,23)(H,20,21). The molecule has 0 aliphatic carbocycles. The van der Waals surface area contributed by atoms with Crippen LogP contribution in [0.1, 0.15) is 12.1 Å². The van der Waals surface area contributed by atoms with E-state index in [0.717, 1.165) is 29.8 Å². The summed E-state index contributed by atoms with van der Waals surface area (Å²) in [4.78, 5) is 24.5. The van der Waals surface area contributed by atoms with E-state index < -0.39 is 0 Å². The third-order valence-corrected chi connectivity index (χ3v) is 3.69. The predicted molar refractivity (Wildman–Crippen MR) is 92.0 cm³/mol. The van der Waals surface area contributed by atoms with Crippen LogP contribution in [0.15, 0.2) is 36.4 Å². The van der Waals surface area contributed by atoms with Crippen molar-refractivity contribution in [1.82, 2.24) is 20.4 Å². The molecule has 0 radical (unpaired) electrons. The van der Waals surface area contributed by atoms with Gasteiger partial charge in [0.2, 0.25) is 11.8 Å². The van der Waals surface area contributed by atoms with Gasteiger partial charge in [0.05, 0.1) is 18.8 Å². The maximum Gasteiger partial charge on any atom is 0.241 e. The van der Waals surface area contributed by atoms with Crippen LogP contribution in [0.2, 0.25) is 0 Å². The maximum absolute atomic E-state index is 11.8. The third-order valence-electron chi connectivity index (χ3n) is 3.69. The summed E-state index contributed by atoms with van der Waals surface area (Å²) in [5.41, 5.74) is 8.20. The van der Waals surface area contributed by atoms with Gasteiger partial charge >= 0.3 is 0 Å². The van der Waals surface area contributed by atoms with E-state index in [1.54, 1.807) is 11.9 Å². The lowest BCUT2D eigenvalue weighted by Gasteiger charge is -2.17. The molecule has 0 aliphatic rings. The molecule has 0 bridgehead atoms. The van der Waals surface area contributed by atoms with Gasteiger partial charge in [0.15, 0.2) is 0 Å². The molecule has 0 saturated heterocycles. The molecule has 0 fully saturated rings. The number of nitrogens with zero attached hydrogens (tertiary/aromatic N) is 2. The van der Waals surface area contributed by atoms with Gasteiger partial charge in [-0.05, 0) is 18.9 Å². The van der Waals surface area contributed by atoms with E-state index >= 15 is 0 Å². The Morgan fingerprint density at radius 1 is 1.29 bits per heavy atom. The Kier molecular flexibility index (Phi) is 6.51. The monoisotopic (exact) mass is 329 g/mol. The summed E-state index contributed by atoms with van der Waals surface area (Å²) in [6.45, 7) is 0.479. The number of hydrogen-bond acceptors (Lipinski definition) is 4. The molecule has 2 rings (SSSR count). The number of amides is 2. The number of carbonyl (C=O) groups excluding carboxylic acids is 2. The summed E-state index contributed by atoms with van der Waals surface area (Å²) in [5.74, 6) is -0.464. The molecule has 2 aromatic rings. The van der Waals surface area contributed by atoms with Gasteiger partial charge in [-0.3, -0.25) is 14.7 Å². The smallest absolute Gasteiger partial charge is 0.241 e. The van der Waals surface area contributed by atoms with Gasteiger partial charge < -0.3 is 16.0 Å². The number of aryl methyl sites for hydroxylation is 1. The second-order valence-electron chi connectivity index (χ2n) is 5.54. The summed E-state index contributed by atoms with van der Waals surface area (Å²) >= 11 is 0. The lowest BCUT2D eigenvalue weighted by Crippen LogP contribution is -2.40. The van der Waals surface area contributed by atoms with Crippen LogP contribution >= 0.6 is 0 Å². The molecule has 7 heteroatoms. The molecule has 128 valence electrons. The number of aromatic amines is 1. The molecule has 1 aromatic heterocycles. The highest BCUT2D eigenvalue weighted by atomic mass is 16.2. The van der Waals surface area contributed by atoms with Gasteiger partial charge in [0.25, 0.3) is 0 Å². The topological polar surface area (TPSA) is 104 Å². The van der Waals surface area contributed by atoms with Crippen LogP contribution < -0.4 is 11.1 Å². The minimum Gasteiger partial charge on any atom is -0.346 e. The Balaban J connectivity index is 1.75. The summed E-state index contributed by atoms with van der Waals surface area (Å²) in [6.07, 6.45) is 1.61. The van der Waals surface area contributed by atoms with Gasteiger partial charge in [-0.25, -0.2) is 0 Å². The fourth-order valence-electron chi connectivity index (χ4n) is 2.26. The van der Waals surface area contributed by atoms with Crippen molar-refractivity contribution in [3.8, 4) is 11.3 Å².